The summed E-state index contributed by atoms with van der Waals surface area (Å²) in [5.74, 6) is -1.22. The number of hydrogen-bond donors (Lipinski definition) is 2. The second-order valence-electron chi connectivity index (χ2n) is 4.98. The van der Waals surface area contributed by atoms with Gasteiger partial charge in [-0.2, -0.15) is 5.11 Å². The fourth-order valence-electron chi connectivity index (χ4n) is 2.04. The van der Waals surface area contributed by atoms with Crippen molar-refractivity contribution in [2.45, 2.75) is 12.3 Å². The molecule has 1 aromatic heterocycles. The summed E-state index contributed by atoms with van der Waals surface area (Å²) in [6.45, 7) is -0.00280. The summed E-state index contributed by atoms with van der Waals surface area (Å²) in [5.41, 5.74) is 0.950. The quantitative estimate of drug-likeness (QED) is 0.365. The van der Waals surface area contributed by atoms with E-state index in [0.717, 1.165) is 0 Å². The molecule has 1 fully saturated rings. The number of carbonyl (C=O) groups excluding carboxylic acids is 2. The van der Waals surface area contributed by atoms with Crippen LogP contribution in [0.4, 0.5) is 5.13 Å². The largest absolute Gasteiger partial charge is 0.448 e. The number of aliphatic hydroxyl groups is 1. The second-order valence-corrected chi connectivity index (χ2v) is 6.17. The molecule has 0 spiro atoms. The molecule has 2 unspecified atom stereocenters. The van der Waals surface area contributed by atoms with E-state index in [9.17, 15) is 14.7 Å². The number of carbonyl (C=O) groups is 2. The molecule has 1 aliphatic rings. The first-order valence-corrected chi connectivity index (χ1v) is 7.90. The highest BCUT2D eigenvalue weighted by molar-refractivity contribution is 7.75. The smallest absolute Gasteiger partial charge is 0.349 e. The third kappa shape index (κ3) is 3.24. The van der Waals surface area contributed by atoms with Crippen LogP contribution in [0.3, 0.4) is 0 Å². The number of fused-ring (bicyclic) bond motifs is 1. The fraction of sp³-hybridized carbons (Fsp3) is 0.308. The maximum atomic E-state index is 11.7. The van der Waals surface area contributed by atoms with E-state index in [1.807, 2.05) is 0 Å². The number of ether oxygens (including phenoxy) is 1. The lowest BCUT2D eigenvalue weighted by atomic mass is 10.2. The van der Waals surface area contributed by atoms with Gasteiger partial charge in [-0.15, -0.1) is 5.11 Å². The van der Waals surface area contributed by atoms with Crippen molar-refractivity contribution in [2.75, 3.05) is 13.8 Å². The standard InChI is InChI=1S/C13H12N4O5S2/c1-17-5-21-12(20)9(10(17)18)15-16-13-14-7-3-2-6(11(19)22-23)4-8(7)24-13/h2-4,9-10,18,23H,5H2,1H3. The lowest BCUT2D eigenvalue weighted by molar-refractivity contribution is -0.175. The molecule has 9 nitrogen and oxygen atoms in total. The fourth-order valence-corrected chi connectivity index (χ4v) is 2.98. The summed E-state index contributed by atoms with van der Waals surface area (Å²) in [4.78, 5) is 28.8. The van der Waals surface area contributed by atoms with Crippen LogP contribution in [-0.2, 0) is 13.7 Å². The van der Waals surface area contributed by atoms with E-state index >= 15 is 0 Å². The van der Waals surface area contributed by atoms with Crippen LogP contribution in [0.15, 0.2) is 28.4 Å². The van der Waals surface area contributed by atoms with Crippen LogP contribution in [0.5, 0.6) is 0 Å². The number of aromatic nitrogens is 1. The molecule has 0 aliphatic carbocycles. The Balaban J connectivity index is 1.84. The third-order valence-electron chi connectivity index (χ3n) is 3.35. The number of thiazole rings is 1. The van der Waals surface area contributed by atoms with Crippen LogP contribution >= 0.6 is 24.2 Å². The van der Waals surface area contributed by atoms with Gasteiger partial charge in [0.2, 0.25) is 11.2 Å². The van der Waals surface area contributed by atoms with Crippen molar-refractivity contribution < 1.29 is 23.6 Å². The zero-order chi connectivity index (χ0) is 17.3. The number of hydrogen-bond acceptors (Lipinski definition) is 11. The Hall–Kier alpha value is -2.08. The van der Waals surface area contributed by atoms with Crippen LogP contribution in [0.2, 0.25) is 0 Å². The zero-order valence-electron chi connectivity index (χ0n) is 12.3. The van der Waals surface area contributed by atoms with Crippen molar-refractivity contribution in [3.8, 4) is 0 Å². The van der Waals surface area contributed by atoms with Crippen molar-refractivity contribution in [2.24, 2.45) is 10.2 Å². The highest BCUT2D eigenvalue weighted by atomic mass is 32.1. The zero-order valence-corrected chi connectivity index (χ0v) is 14.0. The number of azo groups is 1. The van der Waals surface area contributed by atoms with E-state index in [-0.39, 0.29) is 11.9 Å². The first kappa shape index (κ1) is 16.8. The van der Waals surface area contributed by atoms with Crippen LogP contribution in [-0.4, -0.2) is 53.0 Å². The van der Waals surface area contributed by atoms with Crippen molar-refractivity contribution in [1.29, 1.82) is 0 Å². The number of nitrogens with zero attached hydrogens (tertiary/aromatic N) is 4. The Morgan fingerprint density at radius 1 is 1.58 bits per heavy atom. The molecular formula is C13H12N4O5S2. The van der Waals surface area contributed by atoms with Gasteiger partial charge in [0.05, 0.1) is 15.8 Å². The Bertz CT molecular complexity index is 824. The maximum absolute atomic E-state index is 11.7. The molecule has 1 N–H and O–H groups in total. The summed E-state index contributed by atoms with van der Waals surface area (Å²) >= 11 is 4.66. The second kappa shape index (κ2) is 6.81. The third-order valence-corrected chi connectivity index (χ3v) is 4.42. The van der Waals surface area contributed by atoms with Gasteiger partial charge in [0.25, 0.3) is 0 Å². The number of likely N-dealkylation sites (N-methyl/N-ethyl adjacent to an activating group) is 1. The van der Waals surface area contributed by atoms with Gasteiger partial charge in [-0.3, -0.25) is 0 Å². The first-order valence-electron chi connectivity index (χ1n) is 6.71. The minimum Gasteiger partial charge on any atom is -0.448 e. The number of esters is 1. The highest BCUT2D eigenvalue weighted by Gasteiger charge is 2.36. The SMILES string of the molecule is CN1COC(=O)C(N=Nc2nc3ccc(C(=O)OS)cc3s2)C1O. The van der Waals surface area contributed by atoms with Crippen LogP contribution in [0, 0.1) is 0 Å². The van der Waals surface area contributed by atoms with Gasteiger partial charge in [0.1, 0.15) is 13.0 Å². The topological polar surface area (TPSA) is 114 Å². The molecule has 1 aliphatic heterocycles. The van der Waals surface area contributed by atoms with E-state index in [1.165, 1.54) is 16.2 Å². The molecule has 2 atom stereocenters. The summed E-state index contributed by atoms with van der Waals surface area (Å²) < 4.78 is 9.94. The predicted octanol–water partition coefficient (Wildman–Crippen LogP) is 1.51. The normalized spacial score (nSPS) is 22.0. The van der Waals surface area contributed by atoms with E-state index in [0.29, 0.717) is 15.8 Å². The summed E-state index contributed by atoms with van der Waals surface area (Å²) in [6, 6.07) is 3.66. The van der Waals surface area contributed by atoms with E-state index < -0.39 is 24.2 Å². The van der Waals surface area contributed by atoms with E-state index in [4.69, 9.17) is 4.74 Å². The van der Waals surface area contributed by atoms with Crippen molar-refractivity contribution in [3.63, 3.8) is 0 Å². The Morgan fingerprint density at radius 3 is 3.12 bits per heavy atom. The van der Waals surface area contributed by atoms with Gasteiger partial charge in [-0.25, -0.2) is 19.5 Å². The summed E-state index contributed by atoms with van der Waals surface area (Å²) in [5, 5.41) is 18.0. The van der Waals surface area contributed by atoms with Crippen LogP contribution in [0.1, 0.15) is 10.4 Å². The van der Waals surface area contributed by atoms with Gasteiger partial charge in [0.15, 0.2) is 0 Å². The first-order chi connectivity index (χ1) is 11.5. The van der Waals surface area contributed by atoms with Gasteiger partial charge in [0, 0.05) is 12.9 Å². The van der Waals surface area contributed by atoms with Crippen molar-refractivity contribution in [3.05, 3.63) is 23.8 Å². The molecule has 24 heavy (non-hydrogen) atoms. The lowest BCUT2D eigenvalue weighted by Gasteiger charge is -2.30. The van der Waals surface area contributed by atoms with Crippen molar-refractivity contribution in [1.82, 2.24) is 9.88 Å². The summed E-state index contributed by atoms with van der Waals surface area (Å²) in [6.07, 6.45) is -1.11. The molecule has 2 heterocycles. The Labute approximate surface area is 145 Å². The van der Waals surface area contributed by atoms with Gasteiger partial charge >= 0.3 is 11.9 Å². The molecule has 1 saturated heterocycles. The van der Waals surface area contributed by atoms with Gasteiger partial charge < -0.3 is 14.0 Å². The molecule has 11 heteroatoms. The number of aliphatic hydroxyl groups excluding tert-OH is 1. The predicted molar refractivity (Wildman–Crippen MR) is 87.1 cm³/mol. The summed E-state index contributed by atoms with van der Waals surface area (Å²) in [7, 11) is 1.60. The minimum absolute atomic E-state index is 0.00280. The molecule has 1 aromatic carbocycles. The highest BCUT2D eigenvalue weighted by Crippen LogP contribution is 2.30. The van der Waals surface area contributed by atoms with Crippen molar-refractivity contribution >= 4 is 51.5 Å². The van der Waals surface area contributed by atoms with Crippen LogP contribution in [0.25, 0.3) is 10.2 Å². The lowest BCUT2D eigenvalue weighted by Crippen LogP contribution is -2.51. The van der Waals surface area contributed by atoms with E-state index in [2.05, 4.69) is 32.3 Å². The van der Waals surface area contributed by atoms with Crippen LogP contribution < -0.4 is 0 Å². The number of rotatable bonds is 3. The Morgan fingerprint density at radius 2 is 2.38 bits per heavy atom. The molecule has 0 bridgehead atoms. The average molecular weight is 368 g/mol. The molecule has 0 radical (unpaired) electrons. The molecule has 0 saturated carbocycles. The van der Waals surface area contributed by atoms with Gasteiger partial charge in [-0.05, 0) is 25.2 Å². The molecule has 2 aromatic rings. The average Bonchev–Trinajstić information content (AvgIpc) is 2.99. The molecular weight excluding hydrogens is 356 g/mol. The Kier molecular flexibility index (Phi) is 4.76. The molecule has 126 valence electrons. The number of benzene rings is 1. The van der Waals surface area contributed by atoms with Gasteiger partial charge in [-0.1, -0.05) is 11.3 Å². The minimum atomic E-state index is -1.13. The number of thiol groups is 1. The van der Waals surface area contributed by atoms with E-state index in [1.54, 1.807) is 25.2 Å². The molecule has 0 amide bonds. The number of cyclic esters (lactones) is 1. The monoisotopic (exact) mass is 368 g/mol. The maximum Gasteiger partial charge on any atom is 0.349 e. The molecule has 3 rings (SSSR count).